The van der Waals surface area contributed by atoms with E-state index in [0.717, 1.165) is 24.1 Å². The molecule has 0 aliphatic rings. The van der Waals surface area contributed by atoms with Gasteiger partial charge in [-0.3, -0.25) is 0 Å². The number of unbranched alkanes of at least 4 members (excludes halogenated alkanes) is 1. The van der Waals surface area contributed by atoms with E-state index in [1.165, 1.54) is 57.1 Å². The van der Waals surface area contributed by atoms with Crippen molar-refractivity contribution in [3.63, 3.8) is 0 Å². The molecule has 0 aliphatic heterocycles. The van der Waals surface area contributed by atoms with Crippen molar-refractivity contribution in [1.82, 2.24) is 9.97 Å². The predicted molar refractivity (Wildman–Crippen MR) is 178 cm³/mol. The summed E-state index contributed by atoms with van der Waals surface area (Å²) in [4.78, 5) is 6.81. The lowest BCUT2D eigenvalue weighted by Crippen LogP contribution is -1.89. The second-order valence-electron chi connectivity index (χ2n) is 9.86. The predicted octanol–water partition coefficient (Wildman–Crippen LogP) is 10.5. The molecular formula is C37H47N3. The Hall–Kier alpha value is -4.11. The standard InChI is InChI=1S/C15H17N.C13H12.C5H8N2.C4H10/c1-3-12-9-14(8-7-11(12)2)13-5-4-6-15(16)10-13;1-10(2)12-9-5-7-11-6-3-4-8-13(11)12;1-2-5-3-6-4-7-5;1-3-4-2/h4-10H,3,16H2,1-2H3;3-9H,1H2,2H3;3-4H,2H2,1H3,(H,6,7);3-4H2,1-2H3. The van der Waals surface area contributed by atoms with Crippen LogP contribution in [0.1, 0.15) is 69.8 Å². The van der Waals surface area contributed by atoms with Crippen molar-refractivity contribution in [3.05, 3.63) is 126 Å². The number of aromatic nitrogens is 2. The molecular weight excluding hydrogens is 486 g/mol. The molecule has 5 rings (SSSR count). The Morgan fingerprint density at radius 3 is 2.05 bits per heavy atom. The Balaban J connectivity index is 0.000000208. The second-order valence-corrected chi connectivity index (χ2v) is 9.86. The van der Waals surface area contributed by atoms with Crippen LogP contribution in [-0.2, 0) is 12.8 Å². The molecule has 0 saturated heterocycles. The first-order valence-corrected chi connectivity index (χ1v) is 14.4. The van der Waals surface area contributed by atoms with Gasteiger partial charge < -0.3 is 10.7 Å². The average molecular weight is 534 g/mol. The molecule has 0 fully saturated rings. The lowest BCUT2D eigenvalue weighted by Gasteiger charge is -2.07. The average Bonchev–Trinajstić information content (AvgIpc) is 3.52. The topological polar surface area (TPSA) is 54.7 Å². The van der Waals surface area contributed by atoms with Gasteiger partial charge in [0.1, 0.15) is 0 Å². The van der Waals surface area contributed by atoms with Gasteiger partial charge in [-0.2, -0.15) is 0 Å². The van der Waals surface area contributed by atoms with Gasteiger partial charge in [0, 0.05) is 17.6 Å². The molecule has 0 bridgehead atoms. The third-order valence-corrected chi connectivity index (χ3v) is 6.64. The Bertz CT molecular complexity index is 1420. The molecule has 0 aliphatic carbocycles. The van der Waals surface area contributed by atoms with E-state index in [9.17, 15) is 0 Å². The maximum Gasteiger partial charge on any atom is 0.0921 e. The summed E-state index contributed by atoms with van der Waals surface area (Å²) in [6.07, 6.45) is 8.28. The van der Waals surface area contributed by atoms with Crippen molar-refractivity contribution in [1.29, 1.82) is 0 Å². The minimum absolute atomic E-state index is 0.816. The normalized spacial score (nSPS) is 9.85. The number of fused-ring (bicyclic) bond motifs is 1. The molecule has 3 nitrogen and oxygen atoms in total. The lowest BCUT2D eigenvalue weighted by molar-refractivity contribution is 0.886. The smallest absolute Gasteiger partial charge is 0.0921 e. The van der Waals surface area contributed by atoms with E-state index in [1.54, 1.807) is 6.33 Å². The summed E-state index contributed by atoms with van der Waals surface area (Å²) in [5.41, 5.74) is 15.4. The lowest BCUT2D eigenvalue weighted by atomic mass is 9.98. The molecule has 0 unspecified atom stereocenters. The molecule has 210 valence electrons. The quantitative estimate of drug-likeness (QED) is 0.221. The van der Waals surface area contributed by atoms with Crippen LogP contribution in [0.4, 0.5) is 5.69 Å². The fourth-order valence-electron chi connectivity index (χ4n) is 4.03. The summed E-state index contributed by atoms with van der Waals surface area (Å²) < 4.78 is 0. The number of nitrogen functional groups attached to an aromatic ring is 1. The van der Waals surface area contributed by atoms with Crippen molar-refractivity contribution in [3.8, 4) is 11.1 Å². The Kier molecular flexibility index (Phi) is 14.0. The first kappa shape index (κ1) is 32.1. The first-order valence-electron chi connectivity index (χ1n) is 14.4. The van der Waals surface area contributed by atoms with E-state index >= 15 is 0 Å². The van der Waals surface area contributed by atoms with Gasteiger partial charge >= 0.3 is 0 Å². The van der Waals surface area contributed by atoms with E-state index < -0.39 is 0 Å². The van der Waals surface area contributed by atoms with Crippen LogP contribution in [0.25, 0.3) is 27.5 Å². The zero-order chi connectivity index (χ0) is 29.3. The number of imidazole rings is 1. The highest BCUT2D eigenvalue weighted by Gasteiger charge is 2.02. The maximum atomic E-state index is 5.80. The van der Waals surface area contributed by atoms with E-state index in [4.69, 9.17) is 5.73 Å². The maximum absolute atomic E-state index is 5.80. The molecule has 1 heterocycles. The molecule has 0 spiro atoms. The SMILES string of the molecule is C=C(C)c1cccc2ccccc12.CCCC.CCc1cc(-c2cccc(N)c2)ccc1C.CCc1cnc[nH]1. The Morgan fingerprint density at radius 1 is 0.800 bits per heavy atom. The van der Waals surface area contributed by atoms with Gasteiger partial charge in [0.2, 0.25) is 0 Å². The zero-order valence-electron chi connectivity index (χ0n) is 25.3. The summed E-state index contributed by atoms with van der Waals surface area (Å²) in [5, 5.41) is 2.57. The van der Waals surface area contributed by atoms with Crippen LogP contribution in [0, 0.1) is 6.92 Å². The van der Waals surface area contributed by atoms with Gasteiger partial charge in [-0.05, 0) is 77.4 Å². The number of rotatable bonds is 5. The highest BCUT2D eigenvalue weighted by atomic mass is 14.8. The van der Waals surface area contributed by atoms with Crippen LogP contribution in [-0.4, -0.2) is 9.97 Å². The number of anilines is 1. The molecule has 40 heavy (non-hydrogen) atoms. The fourth-order valence-corrected chi connectivity index (χ4v) is 4.03. The molecule has 0 amide bonds. The highest BCUT2D eigenvalue weighted by molar-refractivity contribution is 5.92. The zero-order valence-corrected chi connectivity index (χ0v) is 25.3. The third-order valence-electron chi connectivity index (χ3n) is 6.64. The first-order chi connectivity index (χ1) is 19.3. The van der Waals surface area contributed by atoms with Gasteiger partial charge in [-0.1, -0.05) is 125 Å². The van der Waals surface area contributed by atoms with Gasteiger partial charge in [-0.15, -0.1) is 0 Å². The van der Waals surface area contributed by atoms with Crippen LogP contribution >= 0.6 is 0 Å². The summed E-state index contributed by atoms with van der Waals surface area (Å²) >= 11 is 0. The largest absolute Gasteiger partial charge is 0.399 e. The van der Waals surface area contributed by atoms with Crippen LogP contribution in [0.3, 0.4) is 0 Å². The number of hydrogen-bond donors (Lipinski definition) is 2. The number of aryl methyl sites for hydroxylation is 3. The van der Waals surface area contributed by atoms with Crippen molar-refractivity contribution < 1.29 is 0 Å². The van der Waals surface area contributed by atoms with Crippen LogP contribution < -0.4 is 5.73 Å². The van der Waals surface area contributed by atoms with Crippen LogP contribution in [0.2, 0.25) is 0 Å². The number of H-pyrrole nitrogens is 1. The van der Waals surface area contributed by atoms with Gasteiger partial charge in [-0.25, -0.2) is 4.98 Å². The molecule has 0 atom stereocenters. The number of benzene rings is 4. The number of hydrogen-bond acceptors (Lipinski definition) is 2. The number of nitrogens with two attached hydrogens (primary N) is 1. The molecule has 0 radical (unpaired) electrons. The summed E-state index contributed by atoms with van der Waals surface area (Å²) in [6.45, 7) is 16.8. The number of nitrogens with zero attached hydrogens (tertiary/aromatic N) is 1. The van der Waals surface area contributed by atoms with E-state index in [2.05, 4.69) is 118 Å². The summed E-state index contributed by atoms with van der Waals surface area (Å²) in [7, 11) is 0. The second kappa shape index (κ2) is 17.5. The molecule has 1 aromatic heterocycles. The monoisotopic (exact) mass is 533 g/mol. The van der Waals surface area contributed by atoms with Crippen LogP contribution in [0.15, 0.2) is 104 Å². The fraction of sp³-hybridized carbons (Fsp3) is 0.270. The van der Waals surface area contributed by atoms with E-state index in [-0.39, 0.29) is 0 Å². The Morgan fingerprint density at radius 2 is 1.48 bits per heavy atom. The van der Waals surface area contributed by atoms with Gasteiger partial charge in [0.15, 0.2) is 0 Å². The van der Waals surface area contributed by atoms with Gasteiger partial charge in [0.25, 0.3) is 0 Å². The summed E-state index contributed by atoms with van der Waals surface area (Å²) in [5.74, 6) is 0. The molecule has 0 saturated carbocycles. The number of aromatic amines is 1. The third kappa shape index (κ3) is 10.2. The molecule has 5 aromatic rings. The van der Waals surface area contributed by atoms with E-state index in [0.29, 0.717) is 0 Å². The van der Waals surface area contributed by atoms with Crippen molar-refractivity contribution >= 4 is 22.0 Å². The molecule has 4 aromatic carbocycles. The van der Waals surface area contributed by atoms with Crippen molar-refractivity contribution in [2.75, 3.05) is 5.73 Å². The van der Waals surface area contributed by atoms with Crippen LogP contribution in [0.5, 0.6) is 0 Å². The molecule has 3 N–H and O–H groups in total. The minimum atomic E-state index is 0.816. The highest BCUT2D eigenvalue weighted by Crippen LogP contribution is 2.25. The number of nitrogens with one attached hydrogen (secondary N) is 1. The number of allylic oxidation sites excluding steroid dienone is 1. The molecule has 3 heteroatoms. The Labute approximate surface area is 242 Å². The summed E-state index contributed by atoms with van der Waals surface area (Å²) in [6, 6.07) is 29.3. The van der Waals surface area contributed by atoms with E-state index in [1.807, 2.05) is 31.3 Å². The van der Waals surface area contributed by atoms with Gasteiger partial charge in [0.05, 0.1) is 6.33 Å². The van der Waals surface area contributed by atoms with Crippen molar-refractivity contribution in [2.45, 2.75) is 67.2 Å². The van der Waals surface area contributed by atoms with Crippen molar-refractivity contribution in [2.24, 2.45) is 0 Å². The minimum Gasteiger partial charge on any atom is -0.399 e.